The maximum absolute atomic E-state index is 14.9. The molecule has 2 atom stereocenters. The van der Waals surface area contributed by atoms with E-state index in [4.69, 9.17) is 14.2 Å². The van der Waals surface area contributed by atoms with Gasteiger partial charge in [0.1, 0.15) is 0 Å². The van der Waals surface area contributed by atoms with Gasteiger partial charge in [0.05, 0.1) is 31.0 Å². The van der Waals surface area contributed by atoms with Crippen LogP contribution in [-0.4, -0.2) is 25.4 Å². The van der Waals surface area contributed by atoms with Gasteiger partial charge in [-0.3, -0.25) is 0 Å². The molecule has 0 spiro atoms. The molecule has 32 heavy (non-hydrogen) atoms. The highest BCUT2D eigenvalue weighted by Crippen LogP contribution is 2.41. The number of alkyl halides is 2. The Morgan fingerprint density at radius 2 is 1.72 bits per heavy atom. The van der Waals surface area contributed by atoms with Crippen molar-refractivity contribution in [2.45, 2.75) is 103 Å². The number of ether oxygens (including phenoxy) is 3. The molecular weight excluding hydrogens is 417 g/mol. The van der Waals surface area contributed by atoms with Gasteiger partial charge in [-0.15, -0.1) is 0 Å². The maximum Gasteiger partial charge on any atom is 0.383 e. The van der Waals surface area contributed by atoms with Gasteiger partial charge in [0, 0.05) is 5.56 Å². The van der Waals surface area contributed by atoms with Gasteiger partial charge in [-0.25, -0.2) is 4.39 Å². The molecule has 0 N–H and O–H groups in total. The van der Waals surface area contributed by atoms with E-state index >= 15 is 0 Å². The van der Waals surface area contributed by atoms with Crippen molar-refractivity contribution in [3.8, 4) is 5.75 Å². The minimum absolute atomic E-state index is 0.0203. The molecule has 1 saturated heterocycles. The van der Waals surface area contributed by atoms with Crippen molar-refractivity contribution in [1.29, 1.82) is 0 Å². The summed E-state index contributed by atoms with van der Waals surface area (Å²) in [4.78, 5) is 0. The first-order chi connectivity index (χ1) is 15.4. The smallest absolute Gasteiger partial charge is 0.383 e. The largest absolute Gasteiger partial charge is 0.491 e. The van der Waals surface area contributed by atoms with Crippen molar-refractivity contribution in [2.75, 3.05) is 13.2 Å². The van der Waals surface area contributed by atoms with Crippen molar-refractivity contribution >= 4 is 0 Å². The molecule has 1 aliphatic heterocycles. The summed E-state index contributed by atoms with van der Waals surface area (Å²) < 4.78 is 61.1. The number of unbranched alkanes of at least 4 members (excludes halogenated alkanes) is 1. The van der Waals surface area contributed by atoms with E-state index in [2.05, 4.69) is 6.92 Å². The Bertz CT molecular complexity index is 709. The first-order valence-electron chi connectivity index (χ1n) is 12.4. The summed E-state index contributed by atoms with van der Waals surface area (Å²) in [5.41, 5.74) is -0.527. The van der Waals surface area contributed by atoms with Crippen molar-refractivity contribution in [3.05, 3.63) is 29.1 Å². The van der Waals surface area contributed by atoms with Crippen LogP contribution >= 0.6 is 0 Å². The van der Waals surface area contributed by atoms with Gasteiger partial charge in [-0.05, 0) is 82.3 Å². The van der Waals surface area contributed by atoms with Crippen LogP contribution in [0.4, 0.5) is 13.2 Å². The van der Waals surface area contributed by atoms with Crippen molar-refractivity contribution < 1.29 is 27.4 Å². The molecule has 0 aromatic heterocycles. The Labute approximate surface area is 191 Å². The van der Waals surface area contributed by atoms with Crippen LogP contribution < -0.4 is 4.74 Å². The van der Waals surface area contributed by atoms with Crippen molar-refractivity contribution in [3.63, 3.8) is 0 Å². The highest BCUT2D eigenvalue weighted by molar-refractivity contribution is 5.38. The second kappa shape index (κ2) is 11.7. The minimum atomic E-state index is -3.52. The summed E-state index contributed by atoms with van der Waals surface area (Å²) in [6.07, 6.45) is 5.57. The maximum atomic E-state index is 14.9. The van der Waals surface area contributed by atoms with E-state index in [1.54, 1.807) is 0 Å². The number of hydrogen-bond donors (Lipinski definition) is 0. The lowest BCUT2D eigenvalue weighted by molar-refractivity contribution is -0.279. The number of rotatable bonds is 10. The van der Waals surface area contributed by atoms with Gasteiger partial charge in [-0.2, -0.15) is 8.78 Å². The van der Waals surface area contributed by atoms with Gasteiger partial charge < -0.3 is 14.2 Å². The molecule has 2 unspecified atom stereocenters. The summed E-state index contributed by atoms with van der Waals surface area (Å²) in [6, 6.07) is 2.52. The predicted molar refractivity (Wildman–Crippen MR) is 120 cm³/mol. The van der Waals surface area contributed by atoms with Crippen LogP contribution in [0.25, 0.3) is 0 Å². The van der Waals surface area contributed by atoms with Gasteiger partial charge in [0.15, 0.2) is 11.6 Å². The number of hydrogen-bond acceptors (Lipinski definition) is 3. The van der Waals surface area contributed by atoms with E-state index < -0.39 is 23.6 Å². The topological polar surface area (TPSA) is 27.7 Å². The minimum Gasteiger partial charge on any atom is -0.491 e. The Kier molecular flexibility index (Phi) is 9.30. The molecule has 1 aromatic carbocycles. The predicted octanol–water partition coefficient (Wildman–Crippen LogP) is 7.53. The fraction of sp³-hybridized carbons (Fsp3) is 0.769. The van der Waals surface area contributed by atoms with Gasteiger partial charge in [0.25, 0.3) is 0 Å². The first-order valence-corrected chi connectivity index (χ1v) is 12.4. The normalized spacial score (nSPS) is 26.8. The van der Waals surface area contributed by atoms with E-state index in [1.165, 1.54) is 25.5 Å². The molecule has 6 heteroatoms. The highest BCUT2D eigenvalue weighted by atomic mass is 19.3. The molecule has 3 nitrogen and oxygen atoms in total. The standard InChI is InChI=1S/C26H39F3O3/c1-4-6-16-30-24-15-14-23(18(3)25(24)27)26(28,29)32-22-12-8-19(9-13-22)20-10-11-21(7-5-2)31-17-20/h14-15,19-22H,4-13,16-17H2,1-3H3. The first kappa shape index (κ1) is 25.4. The zero-order valence-electron chi connectivity index (χ0n) is 19.8. The third kappa shape index (κ3) is 6.40. The van der Waals surface area contributed by atoms with Gasteiger partial charge in [-0.1, -0.05) is 26.7 Å². The van der Waals surface area contributed by atoms with Crippen LogP contribution in [0.15, 0.2) is 12.1 Å². The summed E-state index contributed by atoms with van der Waals surface area (Å²) in [6.45, 7) is 6.71. The molecule has 2 aliphatic rings. The van der Waals surface area contributed by atoms with Crippen LogP contribution in [0.3, 0.4) is 0 Å². The molecule has 0 amide bonds. The lowest BCUT2D eigenvalue weighted by atomic mass is 9.76. The quantitative estimate of drug-likeness (QED) is 0.341. The van der Waals surface area contributed by atoms with Crippen molar-refractivity contribution in [2.24, 2.45) is 11.8 Å². The molecule has 3 rings (SSSR count). The summed E-state index contributed by atoms with van der Waals surface area (Å²) in [5.74, 6) is 0.335. The SMILES string of the molecule is CCCCOc1ccc(C(F)(F)OC2CCC(C3CCC(CCC)OC3)CC2)c(C)c1F. The van der Waals surface area contributed by atoms with Crippen LogP contribution in [-0.2, 0) is 15.6 Å². The fourth-order valence-electron chi connectivity index (χ4n) is 5.11. The summed E-state index contributed by atoms with van der Waals surface area (Å²) in [7, 11) is 0. The van der Waals surface area contributed by atoms with E-state index in [0.29, 0.717) is 37.4 Å². The van der Waals surface area contributed by atoms with Crippen LogP contribution in [0.5, 0.6) is 5.75 Å². The molecule has 1 aliphatic carbocycles. The van der Waals surface area contributed by atoms with E-state index in [0.717, 1.165) is 51.6 Å². The Balaban J connectivity index is 1.52. The van der Waals surface area contributed by atoms with E-state index in [-0.39, 0.29) is 11.3 Å². The molecule has 0 radical (unpaired) electrons. The second-order valence-corrected chi connectivity index (χ2v) is 9.51. The van der Waals surface area contributed by atoms with Crippen LogP contribution in [0.2, 0.25) is 0 Å². The van der Waals surface area contributed by atoms with Crippen LogP contribution in [0.1, 0.15) is 89.2 Å². The zero-order chi connectivity index (χ0) is 23.1. The molecule has 1 saturated carbocycles. The average Bonchev–Trinajstić information content (AvgIpc) is 2.78. The third-order valence-electron chi connectivity index (χ3n) is 7.14. The monoisotopic (exact) mass is 456 g/mol. The zero-order valence-corrected chi connectivity index (χ0v) is 19.8. The third-order valence-corrected chi connectivity index (χ3v) is 7.14. The van der Waals surface area contributed by atoms with E-state index in [9.17, 15) is 13.2 Å². The highest BCUT2D eigenvalue weighted by Gasteiger charge is 2.40. The van der Waals surface area contributed by atoms with E-state index in [1.807, 2.05) is 6.92 Å². The number of halogens is 3. The molecular formula is C26H39F3O3. The van der Waals surface area contributed by atoms with Gasteiger partial charge in [0.2, 0.25) is 0 Å². The average molecular weight is 457 g/mol. The second-order valence-electron chi connectivity index (χ2n) is 9.51. The molecule has 1 aromatic rings. The molecule has 2 fully saturated rings. The summed E-state index contributed by atoms with van der Waals surface area (Å²) >= 11 is 0. The number of benzene rings is 1. The fourth-order valence-corrected chi connectivity index (χ4v) is 5.11. The molecule has 182 valence electrons. The Morgan fingerprint density at radius 3 is 2.34 bits per heavy atom. The lowest BCUT2D eigenvalue weighted by Gasteiger charge is -2.38. The Morgan fingerprint density at radius 1 is 1.00 bits per heavy atom. The summed E-state index contributed by atoms with van der Waals surface area (Å²) in [5, 5.41) is 0. The lowest BCUT2D eigenvalue weighted by Crippen LogP contribution is -2.35. The molecule has 0 bridgehead atoms. The van der Waals surface area contributed by atoms with Gasteiger partial charge >= 0.3 is 6.11 Å². The molecule has 1 heterocycles. The Hall–Kier alpha value is -1.27. The van der Waals surface area contributed by atoms with Crippen LogP contribution in [0, 0.1) is 24.6 Å². The van der Waals surface area contributed by atoms with Crippen molar-refractivity contribution in [1.82, 2.24) is 0 Å².